The fourth-order valence-electron chi connectivity index (χ4n) is 2.55. The summed E-state index contributed by atoms with van der Waals surface area (Å²) in [5, 5.41) is 0. The normalized spacial score (nSPS) is 12.9. The summed E-state index contributed by atoms with van der Waals surface area (Å²) < 4.78 is 0. The Hall–Kier alpha value is -0.520. The second-order valence-electron chi connectivity index (χ2n) is 5.73. The third kappa shape index (κ3) is 13.7. The molecule has 1 atom stereocenters. The van der Waals surface area contributed by atoms with Crippen molar-refractivity contribution in [1.29, 1.82) is 0 Å². The molecule has 0 amide bonds. The Morgan fingerprint density at radius 1 is 0.842 bits per heavy atom. The van der Waals surface area contributed by atoms with Crippen molar-refractivity contribution < 1.29 is 0 Å². The van der Waals surface area contributed by atoms with E-state index in [0.717, 1.165) is 5.92 Å². The Kier molecular flexibility index (Phi) is 15.1. The SMILES string of the molecule is C=CCCCCCCCCCC(CC)CC=CCC. The molecular formula is C19H36. The van der Waals surface area contributed by atoms with E-state index in [4.69, 9.17) is 0 Å². The van der Waals surface area contributed by atoms with Crippen molar-refractivity contribution in [3.05, 3.63) is 24.8 Å². The molecule has 0 saturated heterocycles. The predicted octanol–water partition coefficient (Wildman–Crippen LogP) is 7.07. The Morgan fingerprint density at radius 2 is 1.47 bits per heavy atom. The van der Waals surface area contributed by atoms with Gasteiger partial charge in [-0.1, -0.05) is 83.4 Å². The molecule has 0 nitrogen and oxygen atoms in total. The number of rotatable bonds is 14. The molecule has 0 aromatic rings. The van der Waals surface area contributed by atoms with Crippen molar-refractivity contribution in [3.63, 3.8) is 0 Å². The summed E-state index contributed by atoms with van der Waals surface area (Å²) in [6.45, 7) is 8.32. The lowest BCUT2D eigenvalue weighted by Crippen LogP contribution is -1.97. The summed E-state index contributed by atoms with van der Waals surface area (Å²) >= 11 is 0. The van der Waals surface area contributed by atoms with E-state index in [1.807, 2.05) is 6.08 Å². The van der Waals surface area contributed by atoms with Crippen LogP contribution in [0.2, 0.25) is 0 Å². The molecule has 0 N–H and O–H groups in total. The maximum absolute atomic E-state index is 3.77. The highest BCUT2D eigenvalue weighted by Gasteiger charge is 2.03. The Balaban J connectivity index is 3.31. The van der Waals surface area contributed by atoms with Crippen LogP contribution < -0.4 is 0 Å². The van der Waals surface area contributed by atoms with E-state index < -0.39 is 0 Å². The smallest absolute Gasteiger partial charge is 0.0322 e. The van der Waals surface area contributed by atoms with Gasteiger partial charge in [-0.05, 0) is 31.6 Å². The van der Waals surface area contributed by atoms with Crippen molar-refractivity contribution in [3.8, 4) is 0 Å². The molecule has 19 heavy (non-hydrogen) atoms. The fraction of sp³-hybridized carbons (Fsp3) is 0.789. The van der Waals surface area contributed by atoms with E-state index in [1.165, 1.54) is 77.0 Å². The van der Waals surface area contributed by atoms with E-state index >= 15 is 0 Å². The highest BCUT2D eigenvalue weighted by Crippen LogP contribution is 2.19. The first kappa shape index (κ1) is 18.5. The first-order valence-electron chi connectivity index (χ1n) is 8.61. The van der Waals surface area contributed by atoms with E-state index in [2.05, 4.69) is 32.6 Å². The Labute approximate surface area is 122 Å². The van der Waals surface area contributed by atoms with Gasteiger partial charge in [-0.15, -0.1) is 6.58 Å². The molecular weight excluding hydrogens is 228 g/mol. The zero-order valence-corrected chi connectivity index (χ0v) is 13.5. The predicted molar refractivity (Wildman–Crippen MR) is 89.6 cm³/mol. The van der Waals surface area contributed by atoms with Crippen LogP contribution >= 0.6 is 0 Å². The van der Waals surface area contributed by atoms with E-state index in [-0.39, 0.29) is 0 Å². The maximum atomic E-state index is 3.77. The molecule has 0 fully saturated rings. The van der Waals surface area contributed by atoms with E-state index in [0.29, 0.717) is 0 Å². The van der Waals surface area contributed by atoms with Crippen LogP contribution in [0, 0.1) is 5.92 Å². The first-order valence-corrected chi connectivity index (χ1v) is 8.61. The number of unbranched alkanes of at least 4 members (excludes halogenated alkanes) is 7. The van der Waals surface area contributed by atoms with Gasteiger partial charge in [-0.2, -0.15) is 0 Å². The molecule has 0 heterocycles. The highest BCUT2D eigenvalue weighted by molar-refractivity contribution is 4.82. The van der Waals surface area contributed by atoms with Gasteiger partial charge in [0.2, 0.25) is 0 Å². The third-order valence-corrected chi connectivity index (χ3v) is 3.97. The van der Waals surface area contributed by atoms with Crippen LogP contribution in [-0.2, 0) is 0 Å². The zero-order valence-electron chi connectivity index (χ0n) is 13.5. The Morgan fingerprint density at radius 3 is 2.05 bits per heavy atom. The largest absolute Gasteiger partial charge is 0.103 e. The average Bonchev–Trinajstić information content (AvgIpc) is 2.43. The van der Waals surface area contributed by atoms with Crippen LogP contribution in [-0.4, -0.2) is 0 Å². The monoisotopic (exact) mass is 264 g/mol. The quantitative estimate of drug-likeness (QED) is 0.232. The van der Waals surface area contributed by atoms with Gasteiger partial charge in [0.1, 0.15) is 0 Å². The van der Waals surface area contributed by atoms with Gasteiger partial charge in [0.15, 0.2) is 0 Å². The highest BCUT2D eigenvalue weighted by atomic mass is 14.1. The first-order chi connectivity index (χ1) is 9.35. The molecule has 1 unspecified atom stereocenters. The average molecular weight is 264 g/mol. The fourth-order valence-corrected chi connectivity index (χ4v) is 2.55. The number of hydrogen-bond acceptors (Lipinski definition) is 0. The summed E-state index contributed by atoms with van der Waals surface area (Å²) in [6, 6.07) is 0. The lowest BCUT2D eigenvalue weighted by molar-refractivity contribution is 0.441. The molecule has 0 aliphatic heterocycles. The van der Waals surface area contributed by atoms with Crippen LogP contribution in [0.3, 0.4) is 0 Å². The third-order valence-electron chi connectivity index (χ3n) is 3.97. The maximum Gasteiger partial charge on any atom is -0.0322 e. The Bertz CT molecular complexity index is 202. The minimum absolute atomic E-state index is 0.926. The van der Waals surface area contributed by atoms with Crippen molar-refractivity contribution in [1.82, 2.24) is 0 Å². The number of allylic oxidation sites excluding steroid dienone is 3. The minimum atomic E-state index is 0.926. The van der Waals surface area contributed by atoms with Gasteiger partial charge in [-0.3, -0.25) is 0 Å². The molecule has 0 heteroatoms. The molecule has 0 bridgehead atoms. The lowest BCUT2D eigenvalue weighted by Gasteiger charge is -2.12. The molecule has 0 aromatic carbocycles. The molecule has 0 rings (SSSR count). The van der Waals surface area contributed by atoms with Crippen LogP contribution in [0.15, 0.2) is 24.8 Å². The summed E-state index contributed by atoms with van der Waals surface area (Å²) in [6.07, 6.45) is 23.1. The molecule has 0 saturated carbocycles. The standard InChI is InChI=1S/C19H36/c1-4-7-9-10-11-12-13-14-16-18-19(6-3)17-15-8-5-2/h4,8,15,19H,1,5-7,9-14,16-18H2,2-3H3. The van der Waals surface area contributed by atoms with Gasteiger partial charge in [-0.25, -0.2) is 0 Å². The molecule has 0 aliphatic rings. The summed E-state index contributed by atoms with van der Waals surface area (Å²) in [4.78, 5) is 0. The molecule has 0 spiro atoms. The van der Waals surface area contributed by atoms with E-state index in [1.54, 1.807) is 0 Å². The topological polar surface area (TPSA) is 0 Å². The molecule has 0 aromatic heterocycles. The summed E-state index contributed by atoms with van der Waals surface area (Å²) in [7, 11) is 0. The van der Waals surface area contributed by atoms with Gasteiger partial charge in [0.05, 0.1) is 0 Å². The molecule has 0 radical (unpaired) electrons. The van der Waals surface area contributed by atoms with Crippen LogP contribution in [0.5, 0.6) is 0 Å². The van der Waals surface area contributed by atoms with Crippen molar-refractivity contribution >= 4 is 0 Å². The van der Waals surface area contributed by atoms with Crippen molar-refractivity contribution in [2.75, 3.05) is 0 Å². The van der Waals surface area contributed by atoms with Crippen molar-refractivity contribution in [2.24, 2.45) is 5.92 Å². The summed E-state index contributed by atoms with van der Waals surface area (Å²) in [5.74, 6) is 0.926. The van der Waals surface area contributed by atoms with Crippen LogP contribution in [0.25, 0.3) is 0 Å². The van der Waals surface area contributed by atoms with Gasteiger partial charge in [0.25, 0.3) is 0 Å². The van der Waals surface area contributed by atoms with Gasteiger partial charge >= 0.3 is 0 Å². The van der Waals surface area contributed by atoms with Crippen molar-refractivity contribution in [2.45, 2.75) is 90.9 Å². The van der Waals surface area contributed by atoms with Crippen LogP contribution in [0.1, 0.15) is 90.9 Å². The second-order valence-corrected chi connectivity index (χ2v) is 5.73. The second kappa shape index (κ2) is 15.5. The van der Waals surface area contributed by atoms with E-state index in [9.17, 15) is 0 Å². The molecule has 0 aliphatic carbocycles. The van der Waals surface area contributed by atoms with Gasteiger partial charge in [0, 0.05) is 0 Å². The molecule has 112 valence electrons. The van der Waals surface area contributed by atoms with Gasteiger partial charge < -0.3 is 0 Å². The lowest BCUT2D eigenvalue weighted by atomic mass is 9.94. The minimum Gasteiger partial charge on any atom is -0.103 e. The van der Waals surface area contributed by atoms with Crippen LogP contribution in [0.4, 0.5) is 0 Å². The number of hydrogen-bond donors (Lipinski definition) is 0. The zero-order chi connectivity index (χ0) is 14.2. The summed E-state index contributed by atoms with van der Waals surface area (Å²) in [5.41, 5.74) is 0.